The molecule has 0 bridgehead atoms. The Morgan fingerprint density at radius 3 is 2.68 bits per heavy atom. The van der Waals surface area contributed by atoms with E-state index in [9.17, 15) is 4.79 Å². The van der Waals surface area contributed by atoms with Crippen molar-refractivity contribution in [3.63, 3.8) is 0 Å². The molecule has 3 N–H and O–H groups in total. The van der Waals surface area contributed by atoms with E-state index < -0.39 is 0 Å². The number of benzene rings is 1. The average Bonchev–Trinajstić information content (AvgIpc) is 2.37. The summed E-state index contributed by atoms with van der Waals surface area (Å²) in [5, 5.41) is 3.11. The Hall–Kier alpha value is -1.59. The van der Waals surface area contributed by atoms with E-state index in [1.165, 1.54) is 6.20 Å². The third-order valence-electron chi connectivity index (χ3n) is 2.42. The minimum absolute atomic E-state index is 0.124. The average molecular weight is 341 g/mol. The van der Waals surface area contributed by atoms with Crippen LogP contribution in [0.15, 0.2) is 41.0 Å². The highest BCUT2D eigenvalue weighted by molar-refractivity contribution is 9.10. The van der Waals surface area contributed by atoms with Gasteiger partial charge < -0.3 is 11.1 Å². The van der Waals surface area contributed by atoms with Crippen molar-refractivity contribution in [3.8, 4) is 0 Å². The molecule has 6 heteroatoms. The first-order valence-corrected chi connectivity index (χ1v) is 6.67. The van der Waals surface area contributed by atoms with Gasteiger partial charge in [0.1, 0.15) is 5.15 Å². The number of rotatable bonds is 3. The van der Waals surface area contributed by atoms with E-state index in [1.54, 1.807) is 18.2 Å². The molecule has 1 aromatic carbocycles. The summed E-state index contributed by atoms with van der Waals surface area (Å²) >= 11 is 9.03. The van der Waals surface area contributed by atoms with Crippen LogP contribution in [0.5, 0.6) is 0 Å². The second-order valence-corrected chi connectivity index (χ2v) is 5.18. The van der Waals surface area contributed by atoms with Crippen LogP contribution in [0.2, 0.25) is 5.15 Å². The summed E-state index contributed by atoms with van der Waals surface area (Å²) in [7, 11) is 0. The summed E-state index contributed by atoms with van der Waals surface area (Å²) in [6.45, 7) is 0. The number of hydrogen-bond acceptors (Lipinski definition) is 3. The van der Waals surface area contributed by atoms with E-state index in [1.807, 2.05) is 12.1 Å². The number of carbonyl (C=O) groups excluding carboxylic acids is 1. The van der Waals surface area contributed by atoms with Gasteiger partial charge in [-0.15, -0.1) is 0 Å². The second-order valence-electron chi connectivity index (χ2n) is 3.96. The predicted molar refractivity (Wildman–Crippen MR) is 80.1 cm³/mol. The molecule has 0 radical (unpaired) electrons. The van der Waals surface area contributed by atoms with Crippen LogP contribution < -0.4 is 11.1 Å². The zero-order chi connectivity index (χ0) is 13.8. The molecule has 1 heterocycles. The Morgan fingerprint density at radius 2 is 2.05 bits per heavy atom. The van der Waals surface area contributed by atoms with Crippen LogP contribution in [0.25, 0.3) is 0 Å². The Bertz CT molecular complexity index is 601. The van der Waals surface area contributed by atoms with Crippen LogP contribution in [0.4, 0.5) is 11.4 Å². The number of halogens is 2. The Kier molecular flexibility index (Phi) is 4.39. The topological polar surface area (TPSA) is 68.0 Å². The maximum Gasteiger partial charge on any atom is 0.228 e. The fourth-order valence-electron chi connectivity index (χ4n) is 1.52. The molecule has 2 aromatic rings. The molecule has 0 spiro atoms. The number of nitrogens with two attached hydrogens (primary N) is 1. The lowest BCUT2D eigenvalue weighted by atomic mass is 10.1. The number of anilines is 2. The first-order valence-electron chi connectivity index (χ1n) is 5.50. The van der Waals surface area contributed by atoms with Crippen molar-refractivity contribution in [1.82, 2.24) is 4.98 Å². The Balaban J connectivity index is 2.01. The van der Waals surface area contributed by atoms with Crippen LogP contribution in [0, 0.1) is 0 Å². The molecule has 4 nitrogen and oxygen atoms in total. The summed E-state index contributed by atoms with van der Waals surface area (Å²) in [5.41, 5.74) is 7.75. The molecule has 0 saturated heterocycles. The molecule has 1 amide bonds. The van der Waals surface area contributed by atoms with Gasteiger partial charge in [0.15, 0.2) is 0 Å². The van der Waals surface area contributed by atoms with Gasteiger partial charge >= 0.3 is 0 Å². The van der Waals surface area contributed by atoms with Crippen LogP contribution in [-0.2, 0) is 11.2 Å². The molecule has 19 heavy (non-hydrogen) atoms. The minimum atomic E-state index is -0.124. The van der Waals surface area contributed by atoms with E-state index in [-0.39, 0.29) is 12.3 Å². The predicted octanol–water partition coefficient (Wildman–Crippen LogP) is 3.26. The summed E-state index contributed by atoms with van der Waals surface area (Å²) in [6, 6.07) is 8.89. The highest BCUT2D eigenvalue weighted by atomic mass is 79.9. The number of amides is 1. The molecule has 0 aliphatic rings. The van der Waals surface area contributed by atoms with Gasteiger partial charge in [0.25, 0.3) is 0 Å². The lowest BCUT2D eigenvalue weighted by molar-refractivity contribution is -0.115. The number of aromatic nitrogens is 1. The molecule has 0 aliphatic carbocycles. The van der Waals surface area contributed by atoms with Crippen molar-refractivity contribution in [2.24, 2.45) is 0 Å². The lowest BCUT2D eigenvalue weighted by Gasteiger charge is -2.06. The first kappa shape index (κ1) is 13.8. The molecule has 0 saturated carbocycles. The quantitative estimate of drug-likeness (QED) is 0.665. The number of pyridine rings is 1. The monoisotopic (exact) mass is 339 g/mol. The van der Waals surface area contributed by atoms with E-state index >= 15 is 0 Å². The Morgan fingerprint density at radius 1 is 1.37 bits per heavy atom. The van der Waals surface area contributed by atoms with Gasteiger partial charge in [-0.3, -0.25) is 4.79 Å². The first-order chi connectivity index (χ1) is 9.04. The van der Waals surface area contributed by atoms with Crippen LogP contribution in [0.3, 0.4) is 0 Å². The lowest BCUT2D eigenvalue weighted by Crippen LogP contribution is -2.14. The highest BCUT2D eigenvalue weighted by Gasteiger charge is 2.06. The summed E-state index contributed by atoms with van der Waals surface area (Å²) in [6.07, 6.45) is 1.79. The zero-order valence-electron chi connectivity index (χ0n) is 9.86. The van der Waals surface area contributed by atoms with Gasteiger partial charge in [0.05, 0.1) is 22.8 Å². The largest absolute Gasteiger partial charge is 0.399 e. The molecule has 2 rings (SSSR count). The molecule has 0 fully saturated rings. The van der Waals surface area contributed by atoms with Crippen molar-refractivity contribution in [2.75, 3.05) is 11.1 Å². The van der Waals surface area contributed by atoms with E-state index in [4.69, 9.17) is 17.3 Å². The number of nitrogens with zero attached hydrogens (tertiary/aromatic N) is 1. The molecule has 1 aromatic heterocycles. The zero-order valence-corrected chi connectivity index (χ0v) is 12.2. The normalized spacial score (nSPS) is 10.2. The van der Waals surface area contributed by atoms with Crippen molar-refractivity contribution >= 4 is 44.8 Å². The van der Waals surface area contributed by atoms with Crippen LogP contribution >= 0.6 is 27.5 Å². The van der Waals surface area contributed by atoms with Crippen molar-refractivity contribution in [1.29, 1.82) is 0 Å². The van der Waals surface area contributed by atoms with Gasteiger partial charge in [0, 0.05) is 5.69 Å². The van der Waals surface area contributed by atoms with Gasteiger partial charge in [-0.05, 0) is 39.7 Å². The minimum Gasteiger partial charge on any atom is -0.399 e. The molecule has 0 aliphatic heterocycles. The SMILES string of the molecule is Nc1ccc(CC(=O)Nc2cnc(Cl)c(Br)c2)cc1. The van der Waals surface area contributed by atoms with Crippen molar-refractivity contribution < 1.29 is 4.79 Å². The summed E-state index contributed by atoms with van der Waals surface area (Å²) in [4.78, 5) is 15.8. The van der Waals surface area contributed by atoms with Gasteiger partial charge in [-0.25, -0.2) is 4.98 Å². The van der Waals surface area contributed by atoms with Crippen molar-refractivity contribution in [3.05, 3.63) is 51.7 Å². The smallest absolute Gasteiger partial charge is 0.228 e. The van der Waals surface area contributed by atoms with Gasteiger partial charge in [-0.2, -0.15) is 0 Å². The van der Waals surface area contributed by atoms with Gasteiger partial charge in [0.2, 0.25) is 5.91 Å². The van der Waals surface area contributed by atoms with E-state index in [2.05, 4.69) is 26.2 Å². The second kappa shape index (κ2) is 6.04. The summed E-state index contributed by atoms with van der Waals surface area (Å²) in [5.74, 6) is -0.124. The van der Waals surface area contributed by atoms with E-state index in [0.717, 1.165) is 5.56 Å². The molecule has 0 unspecified atom stereocenters. The van der Waals surface area contributed by atoms with Crippen LogP contribution in [0.1, 0.15) is 5.56 Å². The molecular weight excluding hydrogens is 330 g/mol. The summed E-state index contributed by atoms with van der Waals surface area (Å²) < 4.78 is 0.638. The maximum absolute atomic E-state index is 11.8. The standard InChI is InChI=1S/C13H11BrClN3O/c14-11-6-10(7-17-13(11)15)18-12(19)5-8-1-3-9(16)4-2-8/h1-4,6-7H,5,16H2,(H,18,19). The molecular formula is C13H11BrClN3O. The number of carbonyl (C=O) groups is 1. The van der Waals surface area contributed by atoms with Crippen molar-refractivity contribution in [2.45, 2.75) is 6.42 Å². The Labute approximate surface area is 124 Å². The maximum atomic E-state index is 11.8. The molecule has 0 atom stereocenters. The fourth-order valence-corrected chi connectivity index (χ4v) is 1.97. The number of nitrogens with one attached hydrogen (secondary N) is 1. The number of hydrogen-bond donors (Lipinski definition) is 2. The third kappa shape index (κ3) is 3.94. The van der Waals surface area contributed by atoms with Crippen LogP contribution in [-0.4, -0.2) is 10.9 Å². The van der Waals surface area contributed by atoms with Gasteiger partial charge in [-0.1, -0.05) is 23.7 Å². The fraction of sp³-hybridized carbons (Fsp3) is 0.0769. The third-order valence-corrected chi connectivity index (χ3v) is 3.56. The highest BCUT2D eigenvalue weighted by Crippen LogP contribution is 2.22. The molecule has 98 valence electrons. The van der Waals surface area contributed by atoms with E-state index in [0.29, 0.717) is 21.0 Å². The number of nitrogen functional groups attached to an aromatic ring is 1.